The van der Waals surface area contributed by atoms with E-state index in [0.29, 0.717) is 17.4 Å². The molecule has 0 saturated carbocycles. The lowest BCUT2D eigenvalue weighted by Crippen LogP contribution is -2.07. The van der Waals surface area contributed by atoms with Crippen molar-refractivity contribution < 1.29 is 9.53 Å². The first kappa shape index (κ1) is 16.6. The molecule has 4 heterocycles. The summed E-state index contributed by atoms with van der Waals surface area (Å²) in [4.78, 5) is 23.4. The molecule has 0 atom stereocenters. The fourth-order valence-corrected chi connectivity index (χ4v) is 2.88. The molecule has 0 aromatic carbocycles. The van der Waals surface area contributed by atoms with Gasteiger partial charge in [-0.05, 0) is 30.3 Å². The van der Waals surface area contributed by atoms with Crippen LogP contribution in [0.1, 0.15) is 6.92 Å². The number of aromatic amines is 1. The number of aromatic nitrogens is 5. The maximum atomic E-state index is 11.4. The predicted molar refractivity (Wildman–Crippen MR) is 101 cm³/mol. The number of carbonyl (C=O) groups excluding carboxylic acids is 1. The van der Waals surface area contributed by atoms with Gasteiger partial charge in [0.15, 0.2) is 0 Å². The Balaban J connectivity index is 1.91. The molecule has 4 rings (SSSR count). The summed E-state index contributed by atoms with van der Waals surface area (Å²) in [6.45, 7) is 1.44. The summed E-state index contributed by atoms with van der Waals surface area (Å²) in [5.74, 6) is 0.725. The monoisotopic (exact) mass is 360 g/mol. The molecule has 0 unspecified atom stereocenters. The Bertz CT molecular complexity index is 1120. The average molecular weight is 360 g/mol. The van der Waals surface area contributed by atoms with E-state index in [1.807, 2.05) is 24.3 Å². The van der Waals surface area contributed by atoms with E-state index >= 15 is 0 Å². The molecular weight excluding hydrogens is 344 g/mol. The van der Waals surface area contributed by atoms with Gasteiger partial charge in [0.1, 0.15) is 5.82 Å². The summed E-state index contributed by atoms with van der Waals surface area (Å²) in [6, 6.07) is 11.1. The van der Waals surface area contributed by atoms with Crippen LogP contribution in [0.5, 0.6) is 5.88 Å². The second-order valence-corrected chi connectivity index (χ2v) is 5.85. The van der Waals surface area contributed by atoms with Gasteiger partial charge in [0.05, 0.1) is 35.1 Å². The number of ether oxygens (including phenoxy) is 1. The highest BCUT2D eigenvalue weighted by atomic mass is 16.5. The Kier molecular flexibility index (Phi) is 4.21. The Hall–Kier alpha value is -3.81. The first-order valence-corrected chi connectivity index (χ1v) is 8.24. The summed E-state index contributed by atoms with van der Waals surface area (Å²) in [7, 11) is 1.54. The van der Waals surface area contributed by atoms with Crippen LogP contribution in [-0.2, 0) is 4.79 Å². The molecule has 134 valence electrons. The van der Waals surface area contributed by atoms with Crippen LogP contribution in [0.2, 0.25) is 0 Å². The number of rotatable bonds is 4. The Morgan fingerprint density at radius 3 is 2.74 bits per heavy atom. The number of carbonyl (C=O) groups is 1. The third-order valence-electron chi connectivity index (χ3n) is 4.01. The first-order valence-electron chi connectivity index (χ1n) is 8.24. The lowest BCUT2D eigenvalue weighted by Gasteiger charge is -2.07. The minimum Gasteiger partial charge on any atom is -0.480 e. The molecule has 0 spiro atoms. The number of nitrogens with one attached hydrogen (secondary N) is 2. The minimum absolute atomic E-state index is 0.181. The first-order chi connectivity index (χ1) is 13.2. The normalized spacial score (nSPS) is 10.7. The zero-order valence-electron chi connectivity index (χ0n) is 14.7. The van der Waals surface area contributed by atoms with Crippen molar-refractivity contribution in [1.29, 1.82) is 0 Å². The molecule has 1 amide bonds. The third-order valence-corrected chi connectivity index (χ3v) is 4.01. The number of H-pyrrole nitrogens is 1. The van der Waals surface area contributed by atoms with E-state index < -0.39 is 0 Å². The molecule has 0 aliphatic rings. The van der Waals surface area contributed by atoms with Crippen LogP contribution < -0.4 is 10.1 Å². The van der Waals surface area contributed by atoms with Crippen molar-refractivity contribution in [1.82, 2.24) is 25.1 Å². The molecule has 0 bridgehead atoms. The van der Waals surface area contributed by atoms with Crippen molar-refractivity contribution >= 4 is 22.8 Å². The van der Waals surface area contributed by atoms with E-state index in [4.69, 9.17) is 4.74 Å². The maximum Gasteiger partial charge on any atom is 0.233 e. The zero-order chi connectivity index (χ0) is 18.8. The van der Waals surface area contributed by atoms with Crippen LogP contribution >= 0.6 is 0 Å². The van der Waals surface area contributed by atoms with Crippen LogP contribution in [0, 0.1) is 0 Å². The lowest BCUT2D eigenvalue weighted by atomic mass is 10.1. The summed E-state index contributed by atoms with van der Waals surface area (Å²) < 4.78 is 5.10. The smallest absolute Gasteiger partial charge is 0.233 e. The highest BCUT2D eigenvalue weighted by Crippen LogP contribution is 2.36. The van der Waals surface area contributed by atoms with Gasteiger partial charge in [0.2, 0.25) is 11.8 Å². The van der Waals surface area contributed by atoms with Crippen LogP contribution in [-0.4, -0.2) is 38.2 Å². The predicted octanol–water partition coefficient (Wildman–Crippen LogP) is 3.05. The van der Waals surface area contributed by atoms with Crippen molar-refractivity contribution in [2.75, 3.05) is 12.4 Å². The van der Waals surface area contributed by atoms with Crippen molar-refractivity contribution in [3.05, 3.63) is 48.8 Å². The van der Waals surface area contributed by atoms with Gasteiger partial charge in [-0.2, -0.15) is 0 Å². The summed E-state index contributed by atoms with van der Waals surface area (Å²) >= 11 is 0. The maximum absolute atomic E-state index is 11.4. The van der Waals surface area contributed by atoms with E-state index in [9.17, 15) is 4.79 Å². The largest absolute Gasteiger partial charge is 0.480 e. The molecule has 8 nitrogen and oxygen atoms in total. The van der Waals surface area contributed by atoms with Gasteiger partial charge in [-0.25, -0.2) is 4.98 Å². The number of amides is 1. The van der Waals surface area contributed by atoms with Gasteiger partial charge in [-0.15, -0.1) is 10.2 Å². The van der Waals surface area contributed by atoms with E-state index in [1.54, 1.807) is 31.6 Å². The lowest BCUT2D eigenvalue weighted by molar-refractivity contribution is -0.114. The quantitative estimate of drug-likeness (QED) is 0.579. The van der Waals surface area contributed by atoms with Gasteiger partial charge in [-0.1, -0.05) is 0 Å². The van der Waals surface area contributed by atoms with Gasteiger partial charge in [0.25, 0.3) is 0 Å². The number of methoxy groups -OCH3 is 1. The molecule has 2 N–H and O–H groups in total. The summed E-state index contributed by atoms with van der Waals surface area (Å²) in [6.07, 6.45) is 3.37. The van der Waals surface area contributed by atoms with Crippen molar-refractivity contribution in [2.45, 2.75) is 6.92 Å². The van der Waals surface area contributed by atoms with Gasteiger partial charge in [-0.3, -0.25) is 9.78 Å². The highest BCUT2D eigenvalue weighted by molar-refractivity contribution is 6.00. The molecule has 27 heavy (non-hydrogen) atoms. The zero-order valence-corrected chi connectivity index (χ0v) is 14.7. The molecule has 0 fully saturated rings. The molecule has 4 aromatic heterocycles. The van der Waals surface area contributed by atoms with Crippen LogP contribution in [0.4, 0.5) is 5.82 Å². The fraction of sp³-hybridized carbons (Fsp3) is 0.105. The highest BCUT2D eigenvalue weighted by Gasteiger charge is 2.18. The van der Waals surface area contributed by atoms with Crippen LogP contribution in [0.3, 0.4) is 0 Å². The van der Waals surface area contributed by atoms with Crippen molar-refractivity contribution in [3.8, 4) is 28.4 Å². The second kappa shape index (κ2) is 6.83. The molecular formula is C19H16N6O2. The van der Waals surface area contributed by atoms with Gasteiger partial charge >= 0.3 is 0 Å². The fourth-order valence-electron chi connectivity index (χ4n) is 2.88. The topological polar surface area (TPSA) is 106 Å². The second-order valence-electron chi connectivity index (χ2n) is 5.85. The molecule has 0 radical (unpaired) electrons. The average Bonchev–Trinajstić information content (AvgIpc) is 3.07. The molecule has 0 saturated heterocycles. The number of hydrogen-bond acceptors (Lipinski definition) is 6. The molecule has 4 aromatic rings. The molecule has 0 aliphatic carbocycles. The summed E-state index contributed by atoms with van der Waals surface area (Å²) in [5.41, 5.74) is 4.80. The molecule has 8 heteroatoms. The Labute approximate surface area is 154 Å². The van der Waals surface area contributed by atoms with Crippen molar-refractivity contribution in [3.63, 3.8) is 0 Å². The Morgan fingerprint density at radius 1 is 1.11 bits per heavy atom. The van der Waals surface area contributed by atoms with Crippen molar-refractivity contribution in [2.24, 2.45) is 0 Å². The van der Waals surface area contributed by atoms with E-state index in [1.165, 1.54) is 6.92 Å². The molecule has 0 aliphatic heterocycles. The van der Waals surface area contributed by atoms with E-state index in [-0.39, 0.29) is 5.91 Å². The SMILES string of the molecule is COc1ccc(-c2c(-c3ccnc(NC(C)=O)c3)[nH]c3cccnc23)nn1. The number of pyridine rings is 2. The number of fused-ring (bicyclic) bond motifs is 1. The number of hydrogen-bond donors (Lipinski definition) is 2. The Morgan fingerprint density at radius 2 is 2.00 bits per heavy atom. The van der Waals surface area contributed by atoms with Gasteiger partial charge in [0, 0.05) is 30.9 Å². The third kappa shape index (κ3) is 3.20. The van der Waals surface area contributed by atoms with Crippen LogP contribution in [0.25, 0.3) is 33.5 Å². The van der Waals surface area contributed by atoms with Crippen LogP contribution in [0.15, 0.2) is 48.8 Å². The van der Waals surface area contributed by atoms with E-state index in [2.05, 4.69) is 30.5 Å². The number of nitrogens with zero attached hydrogens (tertiary/aromatic N) is 4. The standard InChI is InChI=1S/C19H16N6O2/c1-11(26)22-15-10-12(7-9-20-15)18-17(13-5-6-16(27-2)25-24-13)19-14(23-18)4-3-8-21-19/h3-10,23H,1-2H3,(H,20,22,26). The minimum atomic E-state index is -0.181. The van der Waals surface area contributed by atoms with Gasteiger partial charge < -0.3 is 15.0 Å². The number of anilines is 1. The van der Waals surface area contributed by atoms with E-state index in [0.717, 1.165) is 27.9 Å². The summed E-state index contributed by atoms with van der Waals surface area (Å²) in [5, 5.41) is 11.0.